The topological polar surface area (TPSA) is 57.2 Å². The van der Waals surface area contributed by atoms with Crippen LogP contribution in [0.4, 0.5) is 0 Å². The molecule has 0 bridgehead atoms. The Morgan fingerprint density at radius 3 is 2.90 bits per heavy atom. The first-order valence-electron chi connectivity index (χ1n) is 7.32. The van der Waals surface area contributed by atoms with Crippen LogP contribution >= 0.6 is 0 Å². The third kappa shape index (κ3) is 2.59. The fourth-order valence-electron chi connectivity index (χ4n) is 2.92. The molecule has 1 aliphatic rings. The lowest BCUT2D eigenvalue weighted by atomic mass is 9.93. The van der Waals surface area contributed by atoms with E-state index < -0.39 is 0 Å². The van der Waals surface area contributed by atoms with Crippen molar-refractivity contribution < 1.29 is 4.74 Å². The Bertz CT molecular complexity index is 706. The summed E-state index contributed by atoms with van der Waals surface area (Å²) in [5.41, 5.74) is 8.50. The van der Waals surface area contributed by atoms with Crippen molar-refractivity contribution in [2.45, 2.75) is 32.4 Å². The monoisotopic (exact) mass is 284 g/mol. The van der Waals surface area contributed by atoms with Gasteiger partial charge in [0.2, 0.25) is 0 Å². The zero-order valence-electron chi connectivity index (χ0n) is 12.2. The van der Waals surface area contributed by atoms with Gasteiger partial charge in [-0.05, 0) is 31.0 Å². The summed E-state index contributed by atoms with van der Waals surface area (Å²) < 4.78 is 7.53. The zero-order valence-corrected chi connectivity index (χ0v) is 12.2. The number of benzene rings is 1. The van der Waals surface area contributed by atoms with E-state index in [4.69, 9.17) is 10.5 Å². The van der Waals surface area contributed by atoms with Crippen LogP contribution in [0.25, 0.3) is 0 Å². The highest BCUT2D eigenvalue weighted by molar-refractivity contribution is 5.37. The first-order chi connectivity index (χ1) is 10.2. The highest BCUT2D eigenvalue weighted by atomic mass is 16.5. The Morgan fingerprint density at radius 1 is 1.29 bits per heavy atom. The standard InChI is InChI=1S/C17H20N2O2/c1-12-6-7-13(10-18)17(20)19(12)11-14-8-9-21-16-5-3-2-4-15(14)16/h2-7,14H,8-11,18H2,1H3. The predicted octanol–water partition coefficient (Wildman–Crippen LogP) is 2.18. The van der Waals surface area contributed by atoms with Gasteiger partial charge in [-0.1, -0.05) is 24.3 Å². The van der Waals surface area contributed by atoms with Crippen molar-refractivity contribution in [2.24, 2.45) is 5.73 Å². The van der Waals surface area contributed by atoms with Gasteiger partial charge in [0.25, 0.3) is 5.56 Å². The van der Waals surface area contributed by atoms with Crippen molar-refractivity contribution in [3.05, 3.63) is 63.6 Å². The van der Waals surface area contributed by atoms with Gasteiger partial charge >= 0.3 is 0 Å². The summed E-state index contributed by atoms with van der Waals surface area (Å²) in [5.74, 6) is 1.24. The summed E-state index contributed by atoms with van der Waals surface area (Å²) in [7, 11) is 0. The average Bonchev–Trinajstić information content (AvgIpc) is 2.52. The summed E-state index contributed by atoms with van der Waals surface area (Å²) in [6, 6.07) is 11.9. The van der Waals surface area contributed by atoms with Crippen molar-refractivity contribution in [2.75, 3.05) is 6.61 Å². The van der Waals surface area contributed by atoms with Crippen LogP contribution in [-0.2, 0) is 13.1 Å². The van der Waals surface area contributed by atoms with Crippen LogP contribution in [0.1, 0.15) is 29.2 Å². The smallest absolute Gasteiger partial charge is 0.255 e. The third-order valence-electron chi connectivity index (χ3n) is 4.18. The lowest BCUT2D eigenvalue weighted by molar-refractivity contribution is 0.257. The molecule has 0 spiro atoms. The number of fused-ring (bicyclic) bond motifs is 1. The molecule has 3 rings (SSSR count). The van der Waals surface area contributed by atoms with E-state index in [1.807, 2.05) is 41.8 Å². The van der Waals surface area contributed by atoms with E-state index in [-0.39, 0.29) is 12.1 Å². The van der Waals surface area contributed by atoms with E-state index in [1.54, 1.807) is 0 Å². The Balaban J connectivity index is 1.97. The van der Waals surface area contributed by atoms with E-state index in [9.17, 15) is 4.79 Å². The Kier molecular flexibility index (Phi) is 3.80. The second-order valence-electron chi connectivity index (χ2n) is 5.49. The maximum atomic E-state index is 12.5. The van der Waals surface area contributed by atoms with Gasteiger partial charge < -0.3 is 15.0 Å². The number of rotatable bonds is 3. The molecule has 0 aliphatic carbocycles. The van der Waals surface area contributed by atoms with Crippen LogP contribution in [0.15, 0.2) is 41.2 Å². The molecule has 2 aromatic rings. The second-order valence-corrected chi connectivity index (χ2v) is 5.49. The zero-order chi connectivity index (χ0) is 14.8. The molecular formula is C17H20N2O2. The number of aryl methyl sites for hydroxylation is 1. The molecule has 4 heteroatoms. The van der Waals surface area contributed by atoms with E-state index in [0.717, 1.165) is 17.9 Å². The number of ether oxygens (including phenoxy) is 1. The highest BCUT2D eigenvalue weighted by Crippen LogP contribution is 2.34. The van der Waals surface area contributed by atoms with Crippen molar-refractivity contribution in [1.82, 2.24) is 4.57 Å². The summed E-state index contributed by atoms with van der Waals surface area (Å²) >= 11 is 0. The molecule has 0 radical (unpaired) electrons. The molecule has 21 heavy (non-hydrogen) atoms. The molecule has 0 fully saturated rings. The summed E-state index contributed by atoms with van der Waals surface area (Å²) in [6.45, 7) is 3.63. The van der Waals surface area contributed by atoms with Gasteiger partial charge in [-0.3, -0.25) is 4.79 Å². The largest absolute Gasteiger partial charge is 0.493 e. The van der Waals surface area contributed by atoms with Crippen LogP contribution in [-0.4, -0.2) is 11.2 Å². The molecule has 0 amide bonds. The van der Waals surface area contributed by atoms with Gasteiger partial charge in [0.05, 0.1) is 6.61 Å². The first-order valence-corrected chi connectivity index (χ1v) is 7.32. The van der Waals surface area contributed by atoms with E-state index in [1.165, 1.54) is 5.56 Å². The maximum Gasteiger partial charge on any atom is 0.255 e. The minimum Gasteiger partial charge on any atom is -0.493 e. The Morgan fingerprint density at radius 2 is 2.10 bits per heavy atom. The van der Waals surface area contributed by atoms with E-state index >= 15 is 0 Å². The minimum absolute atomic E-state index is 0.0291. The van der Waals surface area contributed by atoms with Crippen LogP contribution in [0.5, 0.6) is 5.75 Å². The van der Waals surface area contributed by atoms with Gasteiger partial charge in [0.1, 0.15) is 5.75 Å². The summed E-state index contributed by atoms with van der Waals surface area (Å²) in [4.78, 5) is 12.5. The minimum atomic E-state index is 0.0291. The maximum absolute atomic E-state index is 12.5. The molecule has 0 saturated carbocycles. The number of aromatic nitrogens is 1. The van der Waals surface area contributed by atoms with Crippen molar-refractivity contribution >= 4 is 0 Å². The Labute approximate surface area is 124 Å². The number of hydrogen-bond acceptors (Lipinski definition) is 3. The van der Waals surface area contributed by atoms with Crippen molar-refractivity contribution in [3.63, 3.8) is 0 Å². The average molecular weight is 284 g/mol. The normalized spacial score (nSPS) is 17.1. The number of hydrogen-bond donors (Lipinski definition) is 1. The van der Waals surface area contributed by atoms with Crippen LogP contribution in [0, 0.1) is 6.92 Å². The highest BCUT2D eigenvalue weighted by Gasteiger charge is 2.22. The molecule has 2 N–H and O–H groups in total. The Hall–Kier alpha value is -2.07. The van der Waals surface area contributed by atoms with Crippen LogP contribution < -0.4 is 16.0 Å². The molecule has 1 atom stereocenters. The summed E-state index contributed by atoms with van der Waals surface area (Å²) in [5, 5.41) is 0. The quantitative estimate of drug-likeness (QED) is 0.940. The molecule has 1 aromatic heterocycles. The fourth-order valence-corrected chi connectivity index (χ4v) is 2.92. The SMILES string of the molecule is Cc1ccc(CN)c(=O)n1CC1CCOc2ccccc21. The molecular weight excluding hydrogens is 264 g/mol. The second kappa shape index (κ2) is 5.74. The number of nitrogens with zero attached hydrogens (tertiary/aromatic N) is 1. The van der Waals surface area contributed by atoms with Gasteiger partial charge in [-0.25, -0.2) is 0 Å². The van der Waals surface area contributed by atoms with Crippen molar-refractivity contribution in [1.29, 1.82) is 0 Å². The molecule has 4 nitrogen and oxygen atoms in total. The number of para-hydroxylation sites is 1. The molecule has 1 aliphatic heterocycles. The molecule has 1 aromatic carbocycles. The fraction of sp³-hybridized carbons (Fsp3) is 0.353. The molecule has 1 unspecified atom stereocenters. The summed E-state index contributed by atoms with van der Waals surface area (Å²) in [6.07, 6.45) is 0.926. The van der Waals surface area contributed by atoms with Crippen LogP contribution in [0.2, 0.25) is 0 Å². The van der Waals surface area contributed by atoms with Crippen molar-refractivity contribution in [3.8, 4) is 5.75 Å². The van der Waals surface area contributed by atoms with Gasteiger partial charge in [-0.15, -0.1) is 0 Å². The number of pyridine rings is 1. The molecule has 110 valence electrons. The van der Waals surface area contributed by atoms with Gasteiger partial charge in [0.15, 0.2) is 0 Å². The lowest BCUT2D eigenvalue weighted by Gasteiger charge is -2.27. The van der Waals surface area contributed by atoms with Gasteiger partial charge in [0, 0.05) is 30.3 Å². The first kappa shape index (κ1) is 13.9. The van der Waals surface area contributed by atoms with E-state index in [2.05, 4.69) is 6.07 Å². The molecule has 0 saturated heterocycles. The van der Waals surface area contributed by atoms with Gasteiger partial charge in [-0.2, -0.15) is 0 Å². The van der Waals surface area contributed by atoms with Crippen LogP contribution in [0.3, 0.4) is 0 Å². The number of nitrogens with two attached hydrogens (primary N) is 1. The lowest BCUT2D eigenvalue weighted by Crippen LogP contribution is -2.30. The van der Waals surface area contributed by atoms with E-state index in [0.29, 0.717) is 24.6 Å². The third-order valence-corrected chi connectivity index (χ3v) is 4.18. The predicted molar refractivity (Wildman–Crippen MR) is 82.6 cm³/mol. The molecule has 2 heterocycles.